The Morgan fingerprint density at radius 3 is 2.61 bits per heavy atom. The molecule has 1 atom stereocenters. The Labute approximate surface area is 151 Å². The molecule has 7 heteroatoms. The van der Waals surface area contributed by atoms with Gasteiger partial charge in [-0.15, -0.1) is 16.4 Å². The lowest BCUT2D eigenvalue weighted by molar-refractivity contribution is 0.565. The van der Waals surface area contributed by atoms with Gasteiger partial charge in [-0.05, 0) is 34.3 Å². The summed E-state index contributed by atoms with van der Waals surface area (Å²) < 4.78 is 1.20. The number of hydrogen-bond acceptors (Lipinski definition) is 5. The van der Waals surface area contributed by atoms with Crippen molar-refractivity contribution < 1.29 is 0 Å². The van der Waals surface area contributed by atoms with Crippen LogP contribution in [0.5, 0.6) is 0 Å². The van der Waals surface area contributed by atoms with Crippen molar-refractivity contribution in [2.24, 2.45) is 5.92 Å². The van der Waals surface area contributed by atoms with E-state index in [1.54, 1.807) is 4.79 Å². The minimum Gasteiger partial charge on any atom is -0.371 e. The molecule has 0 aliphatic heterocycles. The maximum Gasteiger partial charge on any atom is 0.155 e. The van der Waals surface area contributed by atoms with Crippen LogP contribution in [0.25, 0.3) is 0 Å². The highest BCUT2D eigenvalue weighted by molar-refractivity contribution is 9.10. The number of halogens is 1. The summed E-state index contributed by atoms with van der Waals surface area (Å²) >= 11 is 5.62. The van der Waals surface area contributed by atoms with Crippen LogP contribution in [-0.4, -0.2) is 31.0 Å². The van der Waals surface area contributed by atoms with Crippen LogP contribution in [0.1, 0.15) is 35.6 Å². The topological polar surface area (TPSA) is 53.9 Å². The van der Waals surface area contributed by atoms with Gasteiger partial charge >= 0.3 is 0 Å². The van der Waals surface area contributed by atoms with Crippen molar-refractivity contribution in [2.45, 2.75) is 33.1 Å². The van der Waals surface area contributed by atoms with Crippen LogP contribution in [0.2, 0.25) is 0 Å². The second kappa shape index (κ2) is 8.06. The lowest BCUT2D eigenvalue weighted by Gasteiger charge is -2.07. The fraction of sp³-hybridized carbons (Fsp3) is 0.562. The van der Waals surface area contributed by atoms with Gasteiger partial charge in [0.05, 0.1) is 0 Å². The van der Waals surface area contributed by atoms with E-state index in [0.29, 0.717) is 0 Å². The molecule has 0 saturated carbocycles. The van der Waals surface area contributed by atoms with Crippen LogP contribution in [0.3, 0.4) is 0 Å². The van der Waals surface area contributed by atoms with E-state index >= 15 is 0 Å². The Hall–Kier alpha value is -1.21. The summed E-state index contributed by atoms with van der Waals surface area (Å²) in [5.74, 6) is 2.61. The number of nitrogens with zero attached hydrogens (tertiary/aromatic N) is 2. The molecular formula is C16H26BrN5S. The molecule has 0 fully saturated rings. The van der Waals surface area contributed by atoms with E-state index < -0.39 is 0 Å². The Morgan fingerprint density at radius 2 is 2.04 bits per heavy atom. The molecule has 0 amide bonds. The minimum absolute atomic E-state index is 0.723. The lowest BCUT2D eigenvalue weighted by atomic mass is 10.0. The minimum atomic E-state index is 0.723. The number of hydrogen-bond donors (Lipinski definition) is 3. The number of thiophene rings is 1. The molecule has 2 rings (SSSR count). The predicted octanol–water partition coefficient (Wildman–Crippen LogP) is 4.14. The molecule has 2 aromatic heterocycles. The second-order valence-corrected chi connectivity index (χ2v) is 7.76. The highest BCUT2D eigenvalue weighted by Gasteiger charge is 2.19. The first-order valence-electron chi connectivity index (χ1n) is 7.96. The van der Waals surface area contributed by atoms with Crippen molar-refractivity contribution in [3.63, 3.8) is 0 Å². The van der Waals surface area contributed by atoms with E-state index in [0.717, 1.165) is 30.4 Å². The van der Waals surface area contributed by atoms with Gasteiger partial charge in [-0.1, -0.05) is 20.3 Å². The molecule has 3 N–H and O–H groups in total. The van der Waals surface area contributed by atoms with E-state index in [4.69, 9.17) is 0 Å². The summed E-state index contributed by atoms with van der Waals surface area (Å²) in [5.41, 5.74) is 4.24. The molecule has 0 bridgehead atoms. The van der Waals surface area contributed by atoms with Crippen LogP contribution >= 0.6 is 27.3 Å². The van der Waals surface area contributed by atoms with Crippen molar-refractivity contribution in [2.75, 3.05) is 37.2 Å². The Bertz CT molecular complexity index is 649. The smallest absolute Gasteiger partial charge is 0.155 e. The molecule has 0 spiro atoms. The molecule has 0 saturated heterocycles. The SMILES string of the molecule is CCC(C)Cc1cc(Br)c(Cc2c(NC)nn(NC)c2NC)s1. The van der Waals surface area contributed by atoms with Crippen LogP contribution in [0, 0.1) is 5.92 Å². The van der Waals surface area contributed by atoms with Crippen molar-refractivity contribution in [1.82, 2.24) is 9.89 Å². The van der Waals surface area contributed by atoms with Crippen LogP contribution in [0.15, 0.2) is 10.5 Å². The average molecular weight is 400 g/mol. The van der Waals surface area contributed by atoms with Crippen molar-refractivity contribution >= 4 is 38.9 Å². The molecule has 0 aliphatic carbocycles. The Balaban J connectivity index is 2.30. The monoisotopic (exact) mass is 399 g/mol. The molecule has 5 nitrogen and oxygen atoms in total. The molecule has 1 unspecified atom stereocenters. The fourth-order valence-electron chi connectivity index (χ4n) is 2.57. The zero-order valence-corrected chi connectivity index (χ0v) is 16.9. The first-order chi connectivity index (χ1) is 11.0. The van der Waals surface area contributed by atoms with Crippen molar-refractivity contribution in [3.05, 3.63) is 25.9 Å². The summed E-state index contributed by atoms with van der Waals surface area (Å²) in [6.45, 7) is 4.56. The molecule has 2 heterocycles. The standard InChI is InChI=1S/C16H26BrN5S/c1-6-10(2)7-11-8-13(17)14(23-11)9-12-15(18-3)21-22(20-5)16(12)19-4/h8,10,19-20H,6-7,9H2,1-5H3,(H,18,21). The molecule has 128 valence electrons. The van der Waals surface area contributed by atoms with Crippen molar-refractivity contribution in [1.29, 1.82) is 0 Å². The van der Waals surface area contributed by atoms with E-state index in [-0.39, 0.29) is 0 Å². The van der Waals surface area contributed by atoms with E-state index in [9.17, 15) is 0 Å². The summed E-state index contributed by atoms with van der Waals surface area (Å²) in [6, 6.07) is 2.27. The van der Waals surface area contributed by atoms with Gasteiger partial charge in [-0.3, -0.25) is 0 Å². The molecular weight excluding hydrogens is 374 g/mol. The highest BCUT2D eigenvalue weighted by atomic mass is 79.9. The third kappa shape index (κ3) is 4.01. The summed E-state index contributed by atoms with van der Waals surface area (Å²) in [6.07, 6.45) is 3.21. The number of nitrogens with one attached hydrogen (secondary N) is 3. The third-order valence-corrected chi connectivity index (χ3v) is 6.19. The van der Waals surface area contributed by atoms with Gasteiger partial charge in [0.1, 0.15) is 0 Å². The first-order valence-corrected chi connectivity index (χ1v) is 9.57. The van der Waals surface area contributed by atoms with Gasteiger partial charge in [0.2, 0.25) is 0 Å². The largest absolute Gasteiger partial charge is 0.371 e. The lowest BCUT2D eigenvalue weighted by Crippen LogP contribution is -2.14. The highest BCUT2D eigenvalue weighted by Crippen LogP contribution is 2.34. The molecule has 0 aromatic carbocycles. The van der Waals surface area contributed by atoms with Crippen molar-refractivity contribution in [3.8, 4) is 0 Å². The third-order valence-electron chi connectivity index (χ3n) is 4.06. The van der Waals surface area contributed by atoms with Gasteiger partial charge in [-0.25, -0.2) is 0 Å². The number of anilines is 2. The molecule has 0 aliphatic rings. The van der Waals surface area contributed by atoms with Gasteiger partial charge in [-0.2, -0.15) is 4.79 Å². The van der Waals surface area contributed by atoms with Gasteiger partial charge in [0, 0.05) is 47.4 Å². The Kier molecular flexibility index (Phi) is 6.35. The normalized spacial score (nSPS) is 12.3. The van der Waals surface area contributed by atoms with E-state index in [1.807, 2.05) is 32.5 Å². The molecule has 2 aromatic rings. The first kappa shape index (κ1) is 18.1. The van der Waals surface area contributed by atoms with Crippen LogP contribution in [0.4, 0.5) is 11.6 Å². The molecule has 0 radical (unpaired) electrons. The van der Waals surface area contributed by atoms with Crippen LogP contribution in [-0.2, 0) is 12.8 Å². The summed E-state index contributed by atoms with van der Waals surface area (Å²) in [4.78, 5) is 4.55. The summed E-state index contributed by atoms with van der Waals surface area (Å²) in [5, 5.41) is 11.0. The van der Waals surface area contributed by atoms with E-state index in [1.165, 1.54) is 26.2 Å². The molecule has 23 heavy (non-hydrogen) atoms. The fourth-order valence-corrected chi connectivity index (χ4v) is 4.61. The van der Waals surface area contributed by atoms with Gasteiger partial charge < -0.3 is 16.1 Å². The van der Waals surface area contributed by atoms with Gasteiger partial charge in [0.25, 0.3) is 0 Å². The van der Waals surface area contributed by atoms with Gasteiger partial charge in [0.15, 0.2) is 11.6 Å². The zero-order chi connectivity index (χ0) is 17.0. The predicted molar refractivity (Wildman–Crippen MR) is 105 cm³/mol. The average Bonchev–Trinajstić information content (AvgIpc) is 3.07. The Morgan fingerprint density at radius 1 is 1.30 bits per heavy atom. The maximum atomic E-state index is 4.53. The zero-order valence-electron chi connectivity index (χ0n) is 14.5. The number of rotatable bonds is 8. The van der Waals surface area contributed by atoms with Crippen LogP contribution < -0.4 is 16.1 Å². The number of aromatic nitrogens is 2. The maximum absolute atomic E-state index is 4.53. The quantitative estimate of drug-likeness (QED) is 0.623. The second-order valence-electron chi connectivity index (χ2n) is 5.69. The van der Waals surface area contributed by atoms with E-state index in [2.05, 4.69) is 57.0 Å². The summed E-state index contributed by atoms with van der Waals surface area (Å²) in [7, 11) is 5.69.